The number of pyridine rings is 1. The summed E-state index contributed by atoms with van der Waals surface area (Å²) in [6.07, 6.45) is 3.72. The van der Waals surface area contributed by atoms with Crippen LogP contribution in [0.1, 0.15) is 12.8 Å². The Balaban J connectivity index is 2.26. The van der Waals surface area contributed by atoms with Gasteiger partial charge in [0.15, 0.2) is 0 Å². The Labute approximate surface area is 122 Å². The molecule has 1 heterocycles. The molecule has 5 heteroatoms. The molecule has 0 amide bonds. The van der Waals surface area contributed by atoms with Gasteiger partial charge in [-0.25, -0.2) is 4.98 Å². The second kappa shape index (κ2) is 9.55. The van der Waals surface area contributed by atoms with Gasteiger partial charge in [-0.15, -0.1) is 0 Å². The van der Waals surface area contributed by atoms with Crippen LogP contribution in [0.25, 0.3) is 0 Å². The first kappa shape index (κ1) is 16.7. The summed E-state index contributed by atoms with van der Waals surface area (Å²) in [5.74, 6) is 1.45. The highest BCUT2D eigenvalue weighted by Crippen LogP contribution is 2.16. The largest absolute Gasteiger partial charge is 0.493 e. The predicted molar refractivity (Wildman–Crippen MR) is 81.6 cm³/mol. The fourth-order valence-corrected chi connectivity index (χ4v) is 1.69. The van der Waals surface area contributed by atoms with E-state index < -0.39 is 0 Å². The van der Waals surface area contributed by atoms with Gasteiger partial charge in [-0.1, -0.05) is 0 Å². The molecule has 114 valence electrons. The summed E-state index contributed by atoms with van der Waals surface area (Å²) in [6, 6.07) is 3.72. The minimum atomic E-state index is 0.633. The van der Waals surface area contributed by atoms with Gasteiger partial charge >= 0.3 is 0 Å². The van der Waals surface area contributed by atoms with Crippen molar-refractivity contribution in [2.75, 3.05) is 54.5 Å². The molecule has 1 aromatic rings. The molecule has 5 nitrogen and oxygen atoms in total. The van der Waals surface area contributed by atoms with E-state index in [1.807, 2.05) is 12.1 Å². The number of ether oxygens (including phenoxy) is 2. The average Bonchev–Trinajstić information content (AvgIpc) is 2.40. The van der Waals surface area contributed by atoms with E-state index >= 15 is 0 Å². The van der Waals surface area contributed by atoms with Crippen LogP contribution in [0.4, 0.5) is 0 Å². The highest BCUT2D eigenvalue weighted by molar-refractivity contribution is 5.26. The maximum atomic E-state index is 5.69. The van der Waals surface area contributed by atoms with Gasteiger partial charge in [-0.3, -0.25) is 0 Å². The summed E-state index contributed by atoms with van der Waals surface area (Å²) < 4.78 is 11.3. The Bertz CT molecular complexity index is 339. The van der Waals surface area contributed by atoms with Gasteiger partial charge in [-0.05, 0) is 47.1 Å². The molecular weight excluding hydrogens is 254 g/mol. The molecule has 0 N–H and O–H groups in total. The van der Waals surface area contributed by atoms with Crippen molar-refractivity contribution in [1.82, 2.24) is 14.8 Å². The standard InChI is InChI=1S/C15H27N3O2/c1-17(2)9-5-11-19-14-7-8-16-15(13-14)20-12-6-10-18(3)4/h7-8,13H,5-6,9-12H2,1-4H3. The van der Waals surface area contributed by atoms with Crippen molar-refractivity contribution in [2.24, 2.45) is 0 Å². The van der Waals surface area contributed by atoms with Crippen LogP contribution in [0.2, 0.25) is 0 Å². The first-order valence-corrected chi connectivity index (χ1v) is 7.09. The molecule has 0 fully saturated rings. The van der Waals surface area contributed by atoms with Gasteiger partial charge in [-0.2, -0.15) is 0 Å². The lowest BCUT2D eigenvalue weighted by molar-refractivity contribution is 0.264. The Hall–Kier alpha value is -1.33. The van der Waals surface area contributed by atoms with Crippen molar-refractivity contribution >= 4 is 0 Å². The van der Waals surface area contributed by atoms with Crippen LogP contribution in [-0.2, 0) is 0 Å². The van der Waals surface area contributed by atoms with Crippen LogP contribution in [0.5, 0.6) is 11.6 Å². The smallest absolute Gasteiger partial charge is 0.216 e. The minimum absolute atomic E-state index is 0.633. The lowest BCUT2D eigenvalue weighted by atomic mass is 10.4. The second-order valence-corrected chi connectivity index (χ2v) is 5.34. The molecular formula is C15H27N3O2. The average molecular weight is 281 g/mol. The molecule has 0 radical (unpaired) electrons. The van der Waals surface area contributed by atoms with E-state index in [0.717, 1.165) is 31.7 Å². The Kier molecular flexibility index (Phi) is 7.99. The summed E-state index contributed by atoms with van der Waals surface area (Å²) >= 11 is 0. The predicted octanol–water partition coefficient (Wildman–Crippen LogP) is 1.74. The Morgan fingerprint density at radius 2 is 1.55 bits per heavy atom. The highest BCUT2D eigenvalue weighted by Gasteiger charge is 2.00. The number of hydrogen-bond acceptors (Lipinski definition) is 5. The third kappa shape index (κ3) is 7.96. The van der Waals surface area contributed by atoms with Gasteiger partial charge in [0, 0.05) is 25.4 Å². The van der Waals surface area contributed by atoms with Crippen LogP contribution in [-0.4, -0.2) is 69.3 Å². The van der Waals surface area contributed by atoms with Crippen LogP contribution in [0.3, 0.4) is 0 Å². The Morgan fingerprint density at radius 1 is 0.950 bits per heavy atom. The summed E-state index contributed by atoms with van der Waals surface area (Å²) in [6.45, 7) is 3.43. The number of hydrogen-bond donors (Lipinski definition) is 0. The van der Waals surface area contributed by atoms with Gasteiger partial charge in [0.25, 0.3) is 0 Å². The van der Waals surface area contributed by atoms with Crippen molar-refractivity contribution in [2.45, 2.75) is 12.8 Å². The number of nitrogens with zero attached hydrogens (tertiary/aromatic N) is 3. The van der Waals surface area contributed by atoms with E-state index in [9.17, 15) is 0 Å². The minimum Gasteiger partial charge on any atom is -0.493 e. The summed E-state index contributed by atoms with van der Waals surface area (Å²) in [4.78, 5) is 8.48. The lowest BCUT2D eigenvalue weighted by Crippen LogP contribution is -2.16. The SMILES string of the molecule is CN(C)CCCOc1ccnc(OCCCN(C)C)c1. The van der Waals surface area contributed by atoms with Crippen molar-refractivity contribution in [3.05, 3.63) is 18.3 Å². The van der Waals surface area contributed by atoms with E-state index in [-0.39, 0.29) is 0 Å². The highest BCUT2D eigenvalue weighted by atomic mass is 16.5. The van der Waals surface area contributed by atoms with Crippen molar-refractivity contribution in [3.63, 3.8) is 0 Å². The van der Waals surface area contributed by atoms with Crippen molar-refractivity contribution in [1.29, 1.82) is 0 Å². The lowest BCUT2D eigenvalue weighted by Gasteiger charge is -2.12. The Morgan fingerprint density at radius 3 is 2.15 bits per heavy atom. The maximum Gasteiger partial charge on any atom is 0.216 e. The molecule has 0 aliphatic heterocycles. The van der Waals surface area contributed by atoms with Gasteiger partial charge < -0.3 is 19.3 Å². The zero-order valence-electron chi connectivity index (χ0n) is 13.1. The molecule has 1 rings (SSSR count). The first-order valence-electron chi connectivity index (χ1n) is 7.09. The molecule has 0 bridgehead atoms. The molecule has 0 aliphatic rings. The summed E-state index contributed by atoms with van der Waals surface area (Å²) in [5.41, 5.74) is 0. The van der Waals surface area contributed by atoms with E-state index in [1.165, 1.54) is 0 Å². The zero-order chi connectivity index (χ0) is 14.8. The number of aromatic nitrogens is 1. The molecule has 1 aromatic heterocycles. The summed E-state index contributed by atoms with van der Waals surface area (Å²) in [7, 11) is 8.24. The molecule has 0 spiro atoms. The molecule has 0 saturated carbocycles. The third-order valence-corrected chi connectivity index (χ3v) is 2.72. The fraction of sp³-hybridized carbons (Fsp3) is 0.667. The van der Waals surface area contributed by atoms with E-state index in [2.05, 4.69) is 43.0 Å². The normalized spacial score (nSPS) is 11.1. The number of rotatable bonds is 10. The van der Waals surface area contributed by atoms with Gasteiger partial charge in [0.1, 0.15) is 5.75 Å². The molecule has 0 aromatic carbocycles. The van der Waals surface area contributed by atoms with Crippen LogP contribution in [0.15, 0.2) is 18.3 Å². The van der Waals surface area contributed by atoms with Crippen LogP contribution < -0.4 is 9.47 Å². The quantitative estimate of drug-likeness (QED) is 0.611. The monoisotopic (exact) mass is 281 g/mol. The van der Waals surface area contributed by atoms with Crippen molar-refractivity contribution < 1.29 is 9.47 Å². The van der Waals surface area contributed by atoms with Gasteiger partial charge in [0.2, 0.25) is 5.88 Å². The van der Waals surface area contributed by atoms with E-state index in [0.29, 0.717) is 19.1 Å². The van der Waals surface area contributed by atoms with Gasteiger partial charge in [0.05, 0.1) is 13.2 Å². The molecule has 0 aliphatic carbocycles. The maximum absolute atomic E-state index is 5.69. The van der Waals surface area contributed by atoms with E-state index in [4.69, 9.17) is 9.47 Å². The molecule has 20 heavy (non-hydrogen) atoms. The van der Waals surface area contributed by atoms with Crippen molar-refractivity contribution in [3.8, 4) is 11.6 Å². The molecule has 0 unspecified atom stereocenters. The van der Waals surface area contributed by atoms with Crippen LogP contribution >= 0.6 is 0 Å². The summed E-state index contributed by atoms with van der Waals surface area (Å²) in [5, 5.41) is 0. The topological polar surface area (TPSA) is 37.8 Å². The molecule has 0 saturated heterocycles. The van der Waals surface area contributed by atoms with Crippen LogP contribution in [0, 0.1) is 0 Å². The molecule has 0 atom stereocenters. The zero-order valence-corrected chi connectivity index (χ0v) is 13.1. The third-order valence-electron chi connectivity index (χ3n) is 2.72. The fourth-order valence-electron chi connectivity index (χ4n) is 1.69. The second-order valence-electron chi connectivity index (χ2n) is 5.34. The van der Waals surface area contributed by atoms with E-state index in [1.54, 1.807) is 6.20 Å². The first-order chi connectivity index (χ1) is 9.58.